The number of aliphatic imine (C=N–C) groups is 1. The van der Waals surface area contributed by atoms with Crippen molar-refractivity contribution < 1.29 is 0 Å². The molecule has 0 aliphatic carbocycles. The van der Waals surface area contributed by atoms with E-state index in [9.17, 15) is 0 Å². The van der Waals surface area contributed by atoms with Crippen LogP contribution in [0.3, 0.4) is 0 Å². The first-order valence-corrected chi connectivity index (χ1v) is 4.81. The van der Waals surface area contributed by atoms with Gasteiger partial charge in [-0.3, -0.25) is 0 Å². The molecule has 14 heavy (non-hydrogen) atoms. The first-order chi connectivity index (χ1) is 6.70. The van der Waals surface area contributed by atoms with E-state index in [4.69, 9.17) is 5.73 Å². The second-order valence-corrected chi connectivity index (χ2v) is 3.69. The average molecular weight is 189 g/mol. The first-order valence-electron chi connectivity index (χ1n) is 4.81. The Labute approximate surface area is 84.2 Å². The molecule has 1 heterocycles. The normalized spacial score (nSPS) is 26.4. The maximum atomic E-state index is 5.77. The molecule has 3 nitrogen and oxygen atoms in total. The van der Waals surface area contributed by atoms with Gasteiger partial charge in [-0.05, 0) is 12.5 Å². The fourth-order valence-corrected chi connectivity index (χ4v) is 1.77. The summed E-state index contributed by atoms with van der Waals surface area (Å²) in [7, 11) is 1.98. The van der Waals surface area contributed by atoms with Gasteiger partial charge in [0.1, 0.15) is 0 Å². The zero-order chi connectivity index (χ0) is 10.1. The van der Waals surface area contributed by atoms with E-state index < -0.39 is 0 Å². The molecule has 1 aliphatic rings. The lowest BCUT2D eigenvalue weighted by atomic mass is 10.0. The third kappa shape index (κ3) is 1.35. The zero-order valence-electron chi connectivity index (χ0n) is 8.51. The summed E-state index contributed by atoms with van der Waals surface area (Å²) < 4.78 is 0. The molecule has 1 aliphatic heterocycles. The standard InChI is InChI=1S/C11H15N3/c1-8-10(13-11(12)14(8)2)9-6-4-3-5-7-9/h3-8,10H,1-2H3,(H2,12,13)/t8-,10+/m1/s1. The summed E-state index contributed by atoms with van der Waals surface area (Å²) in [5.41, 5.74) is 7.00. The highest BCUT2D eigenvalue weighted by Gasteiger charge is 2.29. The van der Waals surface area contributed by atoms with Crippen LogP contribution in [-0.2, 0) is 0 Å². The molecule has 0 bridgehead atoms. The minimum Gasteiger partial charge on any atom is -0.370 e. The molecule has 0 aromatic heterocycles. The molecule has 0 amide bonds. The molecular formula is C11H15N3. The number of nitrogens with zero attached hydrogens (tertiary/aromatic N) is 2. The Bertz CT molecular complexity index is 345. The maximum Gasteiger partial charge on any atom is 0.192 e. The highest BCUT2D eigenvalue weighted by atomic mass is 15.3. The van der Waals surface area contributed by atoms with Crippen LogP contribution < -0.4 is 5.73 Å². The van der Waals surface area contributed by atoms with Gasteiger partial charge in [-0.2, -0.15) is 0 Å². The molecule has 0 fully saturated rings. The third-order valence-electron chi connectivity index (χ3n) is 2.84. The second kappa shape index (κ2) is 3.33. The van der Waals surface area contributed by atoms with Gasteiger partial charge in [-0.15, -0.1) is 0 Å². The summed E-state index contributed by atoms with van der Waals surface area (Å²) in [4.78, 5) is 6.45. The summed E-state index contributed by atoms with van der Waals surface area (Å²) in [6.07, 6.45) is 0. The van der Waals surface area contributed by atoms with E-state index in [1.807, 2.05) is 30.1 Å². The minimum atomic E-state index is 0.182. The van der Waals surface area contributed by atoms with Crippen LogP contribution in [0.25, 0.3) is 0 Å². The van der Waals surface area contributed by atoms with Gasteiger partial charge in [-0.25, -0.2) is 4.99 Å². The molecule has 1 aromatic rings. The molecule has 2 N–H and O–H groups in total. The quantitative estimate of drug-likeness (QED) is 0.725. The Hall–Kier alpha value is -1.51. The van der Waals surface area contributed by atoms with Crippen LogP contribution in [0.5, 0.6) is 0 Å². The Morgan fingerprint density at radius 1 is 1.29 bits per heavy atom. The molecule has 2 rings (SSSR count). The molecular weight excluding hydrogens is 174 g/mol. The topological polar surface area (TPSA) is 41.6 Å². The van der Waals surface area contributed by atoms with E-state index in [1.54, 1.807) is 0 Å². The minimum absolute atomic E-state index is 0.182. The molecule has 0 unspecified atom stereocenters. The lowest BCUT2D eigenvalue weighted by Crippen LogP contribution is -2.35. The largest absolute Gasteiger partial charge is 0.370 e. The summed E-state index contributed by atoms with van der Waals surface area (Å²) in [6, 6.07) is 10.8. The predicted octanol–water partition coefficient (Wildman–Crippen LogP) is 1.38. The lowest BCUT2D eigenvalue weighted by Gasteiger charge is -2.21. The Kier molecular flexibility index (Phi) is 2.15. The molecule has 0 saturated heterocycles. The zero-order valence-corrected chi connectivity index (χ0v) is 8.51. The monoisotopic (exact) mass is 189 g/mol. The summed E-state index contributed by atoms with van der Waals surface area (Å²) in [5.74, 6) is 0.631. The number of hydrogen-bond donors (Lipinski definition) is 1. The maximum absolute atomic E-state index is 5.77. The van der Waals surface area contributed by atoms with Crippen LogP contribution >= 0.6 is 0 Å². The molecule has 1 aromatic carbocycles. The van der Waals surface area contributed by atoms with Crippen molar-refractivity contribution in [1.82, 2.24) is 4.90 Å². The van der Waals surface area contributed by atoms with Gasteiger partial charge >= 0.3 is 0 Å². The molecule has 0 radical (unpaired) electrons. The van der Waals surface area contributed by atoms with Gasteiger partial charge in [0.05, 0.1) is 12.1 Å². The van der Waals surface area contributed by atoms with Crippen molar-refractivity contribution in [3.8, 4) is 0 Å². The SMILES string of the molecule is C[C@@H]1[C@@H](c2ccccc2)N=C(N)N1C. The van der Waals surface area contributed by atoms with Gasteiger partial charge in [-0.1, -0.05) is 30.3 Å². The summed E-state index contributed by atoms with van der Waals surface area (Å²) in [5, 5.41) is 0. The average Bonchev–Trinajstić information content (AvgIpc) is 2.47. The van der Waals surface area contributed by atoms with Gasteiger partial charge in [0.25, 0.3) is 0 Å². The fourth-order valence-electron chi connectivity index (χ4n) is 1.77. The fraction of sp³-hybridized carbons (Fsp3) is 0.364. The first kappa shape index (κ1) is 9.06. The Morgan fingerprint density at radius 2 is 1.93 bits per heavy atom. The van der Waals surface area contributed by atoms with Crippen molar-refractivity contribution >= 4 is 5.96 Å². The lowest BCUT2D eigenvalue weighted by molar-refractivity contribution is 0.378. The van der Waals surface area contributed by atoms with E-state index >= 15 is 0 Å². The Balaban J connectivity index is 2.30. The molecule has 74 valence electrons. The highest BCUT2D eigenvalue weighted by molar-refractivity contribution is 5.80. The number of rotatable bonds is 1. The van der Waals surface area contributed by atoms with Crippen LogP contribution in [-0.4, -0.2) is 23.9 Å². The van der Waals surface area contributed by atoms with E-state index in [0.29, 0.717) is 12.0 Å². The molecule has 3 heteroatoms. The van der Waals surface area contributed by atoms with Gasteiger partial charge in [0.15, 0.2) is 5.96 Å². The second-order valence-electron chi connectivity index (χ2n) is 3.69. The van der Waals surface area contributed by atoms with Crippen LogP contribution in [0.4, 0.5) is 0 Å². The number of benzene rings is 1. The van der Waals surface area contributed by atoms with E-state index in [0.717, 1.165) is 0 Å². The number of guanidine groups is 1. The Morgan fingerprint density at radius 3 is 2.43 bits per heavy atom. The van der Waals surface area contributed by atoms with Gasteiger partial charge in [0.2, 0.25) is 0 Å². The smallest absolute Gasteiger partial charge is 0.192 e. The van der Waals surface area contributed by atoms with Crippen molar-refractivity contribution in [3.63, 3.8) is 0 Å². The number of likely N-dealkylation sites (N-methyl/N-ethyl adjacent to an activating group) is 1. The number of nitrogens with two attached hydrogens (primary N) is 1. The molecule has 0 spiro atoms. The van der Waals surface area contributed by atoms with Crippen molar-refractivity contribution in [2.45, 2.75) is 19.0 Å². The van der Waals surface area contributed by atoms with Gasteiger partial charge < -0.3 is 10.6 Å². The van der Waals surface area contributed by atoms with E-state index in [1.165, 1.54) is 5.56 Å². The summed E-state index contributed by atoms with van der Waals surface area (Å²) in [6.45, 7) is 2.14. The third-order valence-corrected chi connectivity index (χ3v) is 2.84. The highest BCUT2D eigenvalue weighted by Crippen LogP contribution is 2.28. The number of hydrogen-bond acceptors (Lipinski definition) is 3. The van der Waals surface area contributed by atoms with Crippen molar-refractivity contribution in [1.29, 1.82) is 0 Å². The predicted molar refractivity (Wildman–Crippen MR) is 58.0 cm³/mol. The van der Waals surface area contributed by atoms with E-state index in [2.05, 4.69) is 24.0 Å². The molecule has 0 saturated carbocycles. The van der Waals surface area contributed by atoms with Crippen LogP contribution in [0.15, 0.2) is 35.3 Å². The molecule has 2 atom stereocenters. The summed E-state index contributed by atoms with van der Waals surface area (Å²) >= 11 is 0. The van der Waals surface area contributed by atoms with E-state index in [-0.39, 0.29) is 6.04 Å². The van der Waals surface area contributed by atoms with Crippen LogP contribution in [0.2, 0.25) is 0 Å². The van der Waals surface area contributed by atoms with Crippen LogP contribution in [0, 0.1) is 0 Å². The van der Waals surface area contributed by atoms with Gasteiger partial charge in [0, 0.05) is 7.05 Å². The van der Waals surface area contributed by atoms with Crippen molar-refractivity contribution in [2.75, 3.05) is 7.05 Å². The van der Waals surface area contributed by atoms with Crippen molar-refractivity contribution in [3.05, 3.63) is 35.9 Å². The van der Waals surface area contributed by atoms with Crippen molar-refractivity contribution in [2.24, 2.45) is 10.7 Å². The van der Waals surface area contributed by atoms with Crippen LogP contribution in [0.1, 0.15) is 18.5 Å².